The Morgan fingerprint density at radius 1 is 0.812 bits per heavy atom. The zero-order valence-electron chi connectivity index (χ0n) is 17.6. The second-order valence-electron chi connectivity index (χ2n) is 8.05. The molecule has 1 fully saturated rings. The summed E-state index contributed by atoms with van der Waals surface area (Å²) in [6, 6.07) is 20.3. The number of nitrogen functional groups attached to an aromatic ring is 1. The second kappa shape index (κ2) is 7.53. The number of fused-ring (bicyclic) bond motifs is 2. The number of piperazine rings is 1. The largest absolute Gasteiger partial charge is 0.398 e. The van der Waals surface area contributed by atoms with Crippen LogP contribution < -0.4 is 15.5 Å². The molecule has 1 saturated heterocycles. The highest BCUT2D eigenvalue weighted by Gasteiger charge is 2.19. The normalized spacial score (nSPS) is 14.4. The lowest BCUT2D eigenvalue weighted by Crippen LogP contribution is -2.46. The average molecular weight is 422 g/mol. The number of hydrogen-bond acceptors (Lipinski definition) is 6. The molecule has 1 aliphatic rings. The molecule has 4 heterocycles. The number of anilines is 3. The van der Waals surface area contributed by atoms with E-state index in [0.717, 1.165) is 65.3 Å². The van der Waals surface area contributed by atoms with E-state index in [1.54, 1.807) is 6.20 Å². The van der Waals surface area contributed by atoms with Crippen molar-refractivity contribution >= 4 is 39.1 Å². The summed E-state index contributed by atoms with van der Waals surface area (Å²) < 4.78 is 0. The first kappa shape index (κ1) is 18.6. The summed E-state index contributed by atoms with van der Waals surface area (Å²) in [6.07, 6.45) is 3.65. The topological polar surface area (TPSA) is 87.0 Å². The van der Waals surface area contributed by atoms with Crippen LogP contribution in [0.2, 0.25) is 0 Å². The van der Waals surface area contributed by atoms with Crippen LogP contribution in [0.3, 0.4) is 0 Å². The minimum absolute atomic E-state index is 0.695. The predicted octanol–water partition coefficient (Wildman–Crippen LogP) is 4.08. The molecule has 0 saturated carbocycles. The van der Waals surface area contributed by atoms with E-state index in [4.69, 9.17) is 10.7 Å². The number of nitrogens with zero attached hydrogens (tertiary/aromatic N) is 5. The minimum Gasteiger partial charge on any atom is -0.398 e. The molecule has 32 heavy (non-hydrogen) atoms. The molecule has 0 atom stereocenters. The average Bonchev–Trinajstić information content (AvgIpc) is 3.28. The molecule has 158 valence electrons. The Balaban J connectivity index is 1.27. The third-order valence-corrected chi connectivity index (χ3v) is 6.16. The quantitative estimate of drug-likeness (QED) is 0.456. The number of aromatic nitrogens is 4. The zero-order valence-corrected chi connectivity index (χ0v) is 17.6. The van der Waals surface area contributed by atoms with Gasteiger partial charge in [0.1, 0.15) is 11.6 Å². The molecule has 0 radical (unpaired) electrons. The molecule has 3 N–H and O–H groups in total. The van der Waals surface area contributed by atoms with E-state index in [1.165, 1.54) is 5.69 Å². The molecule has 0 spiro atoms. The lowest BCUT2D eigenvalue weighted by atomic mass is 10.1. The van der Waals surface area contributed by atoms with Crippen LogP contribution in [0.1, 0.15) is 0 Å². The molecule has 0 amide bonds. The van der Waals surface area contributed by atoms with Gasteiger partial charge in [-0.1, -0.05) is 24.3 Å². The van der Waals surface area contributed by atoms with Crippen molar-refractivity contribution in [2.24, 2.45) is 0 Å². The van der Waals surface area contributed by atoms with Gasteiger partial charge in [-0.3, -0.25) is 4.98 Å². The van der Waals surface area contributed by atoms with E-state index >= 15 is 0 Å². The third-order valence-electron chi connectivity index (χ3n) is 6.16. The van der Waals surface area contributed by atoms with Gasteiger partial charge in [-0.05, 0) is 36.4 Å². The minimum atomic E-state index is 0.695. The van der Waals surface area contributed by atoms with Crippen LogP contribution in [0.25, 0.3) is 33.3 Å². The summed E-state index contributed by atoms with van der Waals surface area (Å²) in [5.41, 5.74) is 12.0. The van der Waals surface area contributed by atoms with E-state index < -0.39 is 0 Å². The Morgan fingerprint density at radius 2 is 1.62 bits per heavy atom. The van der Waals surface area contributed by atoms with Gasteiger partial charge >= 0.3 is 0 Å². The van der Waals surface area contributed by atoms with Gasteiger partial charge < -0.3 is 20.5 Å². The molecule has 0 bridgehead atoms. The number of rotatable bonds is 3. The van der Waals surface area contributed by atoms with E-state index in [9.17, 15) is 0 Å². The molecule has 0 aliphatic carbocycles. The zero-order chi connectivity index (χ0) is 21.5. The molecule has 0 unspecified atom stereocenters. The van der Waals surface area contributed by atoms with Gasteiger partial charge in [-0.2, -0.15) is 0 Å². The first-order valence-electron chi connectivity index (χ1n) is 10.8. The van der Waals surface area contributed by atoms with Crippen LogP contribution in [0.5, 0.6) is 0 Å². The number of imidazole rings is 1. The molecule has 6 rings (SSSR count). The first-order valence-corrected chi connectivity index (χ1v) is 10.8. The van der Waals surface area contributed by atoms with Gasteiger partial charge in [0.2, 0.25) is 0 Å². The maximum atomic E-state index is 6.46. The van der Waals surface area contributed by atoms with Crippen LogP contribution in [-0.4, -0.2) is 46.1 Å². The molecule has 1 aliphatic heterocycles. The highest BCUT2D eigenvalue weighted by Crippen LogP contribution is 2.31. The lowest BCUT2D eigenvalue weighted by Gasteiger charge is -2.36. The number of benzene rings is 2. The number of nitrogens with one attached hydrogen (secondary N) is 1. The third kappa shape index (κ3) is 3.19. The number of hydrogen-bond donors (Lipinski definition) is 2. The highest BCUT2D eigenvalue weighted by atomic mass is 15.3. The maximum Gasteiger partial charge on any atom is 0.142 e. The van der Waals surface area contributed by atoms with Gasteiger partial charge in [0, 0.05) is 49.6 Å². The standard InChI is InChI=1S/C25H23N7/c26-24-18-5-1-2-6-20(18)28-16-19(24)25-29-21-9-8-17(15-22(21)30-25)31-11-13-32(14-12-31)23-7-3-4-10-27-23/h1-10,15-16H,11-14H2,(H2,26,28)(H,29,30). The van der Waals surface area contributed by atoms with Crippen molar-refractivity contribution in [1.82, 2.24) is 19.9 Å². The molecule has 5 aromatic rings. The van der Waals surface area contributed by atoms with Crippen molar-refractivity contribution < 1.29 is 0 Å². The summed E-state index contributed by atoms with van der Waals surface area (Å²) in [4.78, 5) is 22.0. The van der Waals surface area contributed by atoms with Crippen molar-refractivity contribution in [2.75, 3.05) is 41.7 Å². The van der Waals surface area contributed by atoms with Gasteiger partial charge in [-0.25, -0.2) is 9.97 Å². The van der Waals surface area contributed by atoms with Crippen molar-refractivity contribution in [1.29, 1.82) is 0 Å². The van der Waals surface area contributed by atoms with E-state index in [2.05, 4.69) is 49.0 Å². The summed E-state index contributed by atoms with van der Waals surface area (Å²) in [6.45, 7) is 3.79. The van der Waals surface area contributed by atoms with Gasteiger partial charge in [0.05, 0.1) is 27.8 Å². The van der Waals surface area contributed by atoms with Gasteiger partial charge in [0.15, 0.2) is 0 Å². The van der Waals surface area contributed by atoms with Crippen LogP contribution in [0.4, 0.5) is 17.2 Å². The molecule has 3 aromatic heterocycles. The predicted molar refractivity (Wildman–Crippen MR) is 130 cm³/mol. The van der Waals surface area contributed by atoms with Crippen molar-refractivity contribution in [3.8, 4) is 11.4 Å². The number of aromatic amines is 1. The Kier molecular flexibility index (Phi) is 4.38. The molecule has 7 heteroatoms. The summed E-state index contributed by atoms with van der Waals surface area (Å²) >= 11 is 0. The molecule has 7 nitrogen and oxygen atoms in total. The molecular weight excluding hydrogens is 398 g/mol. The Hall–Kier alpha value is -4.13. The fraction of sp³-hybridized carbons (Fsp3) is 0.160. The van der Waals surface area contributed by atoms with E-state index in [-0.39, 0.29) is 0 Å². The monoisotopic (exact) mass is 421 g/mol. The van der Waals surface area contributed by atoms with E-state index in [1.807, 2.05) is 42.6 Å². The van der Waals surface area contributed by atoms with Gasteiger partial charge in [0.25, 0.3) is 0 Å². The Morgan fingerprint density at radius 3 is 2.47 bits per heavy atom. The summed E-state index contributed by atoms with van der Waals surface area (Å²) in [5.74, 6) is 1.79. The van der Waals surface area contributed by atoms with Gasteiger partial charge in [-0.15, -0.1) is 0 Å². The summed E-state index contributed by atoms with van der Waals surface area (Å²) in [7, 11) is 0. The van der Waals surface area contributed by atoms with Crippen molar-refractivity contribution in [2.45, 2.75) is 0 Å². The van der Waals surface area contributed by atoms with Crippen molar-refractivity contribution in [3.05, 3.63) is 73.1 Å². The van der Waals surface area contributed by atoms with Crippen LogP contribution in [-0.2, 0) is 0 Å². The maximum absolute atomic E-state index is 6.46. The van der Waals surface area contributed by atoms with Crippen LogP contribution in [0, 0.1) is 0 Å². The van der Waals surface area contributed by atoms with E-state index in [0.29, 0.717) is 5.69 Å². The number of pyridine rings is 2. The van der Waals surface area contributed by atoms with Crippen LogP contribution in [0.15, 0.2) is 73.1 Å². The number of para-hydroxylation sites is 1. The highest BCUT2D eigenvalue weighted by molar-refractivity contribution is 5.97. The number of nitrogens with two attached hydrogens (primary N) is 1. The lowest BCUT2D eigenvalue weighted by molar-refractivity contribution is 0.648. The number of H-pyrrole nitrogens is 1. The molecular formula is C25H23N7. The first-order chi connectivity index (χ1) is 15.8. The fourth-order valence-corrected chi connectivity index (χ4v) is 4.41. The summed E-state index contributed by atoms with van der Waals surface area (Å²) in [5, 5.41) is 0.942. The Bertz CT molecular complexity index is 1400. The second-order valence-corrected chi connectivity index (χ2v) is 8.05. The smallest absolute Gasteiger partial charge is 0.142 e. The molecule has 2 aromatic carbocycles. The van der Waals surface area contributed by atoms with Crippen molar-refractivity contribution in [3.63, 3.8) is 0 Å². The van der Waals surface area contributed by atoms with Crippen LogP contribution >= 0.6 is 0 Å². The SMILES string of the molecule is Nc1c(-c2nc3ccc(N4CCN(c5ccccn5)CC4)cc3[nH]2)cnc2ccccc12. The Labute approximate surface area is 185 Å². The fourth-order valence-electron chi connectivity index (χ4n) is 4.41.